The van der Waals surface area contributed by atoms with E-state index in [9.17, 15) is 13.2 Å². The molecular formula is C12H26N2O3S. The Morgan fingerprint density at radius 1 is 1.33 bits per heavy atom. The first-order chi connectivity index (χ1) is 8.16. The van der Waals surface area contributed by atoms with Crippen molar-refractivity contribution in [2.45, 2.75) is 44.8 Å². The van der Waals surface area contributed by atoms with Gasteiger partial charge in [-0.2, -0.15) is 0 Å². The quantitative estimate of drug-likeness (QED) is 0.683. The number of nitrogens with one attached hydrogen (secondary N) is 1. The van der Waals surface area contributed by atoms with E-state index in [0.29, 0.717) is 19.0 Å². The lowest BCUT2D eigenvalue weighted by molar-refractivity contribution is -0.123. The fraction of sp³-hybridized carbons (Fsp3) is 0.917. The molecule has 1 atom stereocenters. The first-order valence-corrected chi connectivity index (χ1v) is 8.23. The first-order valence-electron chi connectivity index (χ1n) is 6.34. The molecule has 0 aromatic heterocycles. The molecule has 0 aromatic rings. The van der Waals surface area contributed by atoms with Gasteiger partial charge in [0.2, 0.25) is 5.91 Å². The van der Waals surface area contributed by atoms with Crippen LogP contribution in [0.15, 0.2) is 0 Å². The van der Waals surface area contributed by atoms with Crippen molar-refractivity contribution >= 4 is 15.7 Å². The second-order valence-electron chi connectivity index (χ2n) is 5.22. The van der Waals surface area contributed by atoms with Crippen LogP contribution in [-0.4, -0.2) is 38.4 Å². The Labute approximate surface area is 110 Å². The molecule has 0 aliphatic carbocycles. The summed E-state index contributed by atoms with van der Waals surface area (Å²) in [7, 11) is -3.41. The van der Waals surface area contributed by atoms with E-state index in [1.807, 2.05) is 0 Å². The molecule has 0 rings (SSSR count). The third kappa shape index (κ3) is 4.94. The molecule has 0 bridgehead atoms. The van der Waals surface area contributed by atoms with E-state index in [2.05, 4.69) is 12.2 Å². The Kier molecular flexibility index (Phi) is 6.84. The van der Waals surface area contributed by atoms with Crippen molar-refractivity contribution in [3.63, 3.8) is 0 Å². The molecule has 0 saturated heterocycles. The van der Waals surface area contributed by atoms with Crippen molar-refractivity contribution in [3.8, 4) is 0 Å². The summed E-state index contributed by atoms with van der Waals surface area (Å²) in [6.07, 6.45) is 3.93. The minimum Gasteiger partial charge on any atom is -0.354 e. The summed E-state index contributed by atoms with van der Waals surface area (Å²) in [4.78, 5) is 11.9. The molecule has 108 valence electrons. The highest BCUT2D eigenvalue weighted by Crippen LogP contribution is 2.16. The van der Waals surface area contributed by atoms with Gasteiger partial charge < -0.3 is 11.1 Å². The molecule has 0 saturated carbocycles. The van der Waals surface area contributed by atoms with Gasteiger partial charge in [0.15, 0.2) is 9.84 Å². The summed E-state index contributed by atoms with van der Waals surface area (Å²) in [6, 6.07) is 0. The molecule has 0 heterocycles. The van der Waals surface area contributed by atoms with E-state index in [0.717, 1.165) is 25.5 Å². The molecular weight excluding hydrogens is 252 g/mol. The predicted octanol–water partition coefficient (Wildman–Crippen LogP) is 0.691. The molecule has 1 amide bonds. The summed E-state index contributed by atoms with van der Waals surface area (Å²) in [5.74, 6) is -0.123. The molecule has 1 unspecified atom stereocenters. The number of nitrogens with two attached hydrogens (primary N) is 1. The summed E-state index contributed by atoms with van der Waals surface area (Å²) in [5, 5.41) is 2.73. The van der Waals surface area contributed by atoms with Crippen molar-refractivity contribution in [3.05, 3.63) is 0 Å². The number of rotatable bonds is 8. The van der Waals surface area contributed by atoms with Crippen LogP contribution in [0.25, 0.3) is 0 Å². The smallest absolute Gasteiger partial charge is 0.240 e. The number of sulfone groups is 1. The van der Waals surface area contributed by atoms with Crippen LogP contribution in [-0.2, 0) is 14.6 Å². The van der Waals surface area contributed by atoms with Gasteiger partial charge in [-0.1, -0.05) is 13.3 Å². The topological polar surface area (TPSA) is 89.3 Å². The Bertz CT molecular complexity index is 358. The van der Waals surface area contributed by atoms with E-state index >= 15 is 0 Å². The zero-order valence-corrected chi connectivity index (χ0v) is 12.6. The SMILES string of the molecule is CCCC(CCN)CNC(=O)C(C)(C)S(C)(=O)=O. The molecule has 18 heavy (non-hydrogen) atoms. The molecule has 0 aliphatic rings. The van der Waals surface area contributed by atoms with Crippen LogP contribution in [0.3, 0.4) is 0 Å². The van der Waals surface area contributed by atoms with Gasteiger partial charge in [-0.25, -0.2) is 8.42 Å². The van der Waals surface area contributed by atoms with E-state index in [-0.39, 0.29) is 0 Å². The zero-order chi connectivity index (χ0) is 14.4. The fourth-order valence-electron chi connectivity index (χ4n) is 1.61. The number of carbonyl (C=O) groups excluding carboxylic acids is 1. The Morgan fingerprint density at radius 3 is 2.28 bits per heavy atom. The van der Waals surface area contributed by atoms with Crippen LogP contribution in [0.1, 0.15) is 40.0 Å². The second kappa shape index (κ2) is 7.09. The molecule has 6 heteroatoms. The van der Waals surface area contributed by atoms with Crippen molar-refractivity contribution in [1.29, 1.82) is 0 Å². The third-order valence-electron chi connectivity index (χ3n) is 3.30. The van der Waals surface area contributed by atoms with Crippen molar-refractivity contribution < 1.29 is 13.2 Å². The summed E-state index contributed by atoms with van der Waals surface area (Å²) in [6.45, 7) is 6.00. The van der Waals surface area contributed by atoms with Crippen molar-refractivity contribution in [1.82, 2.24) is 5.32 Å². The Hall–Kier alpha value is -0.620. The predicted molar refractivity (Wildman–Crippen MR) is 74.0 cm³/mol. The maximum absolute atomic E-state index is 11.9. The van der Waals surface area contributed by atoms with E-state index < -0.39 is 20.5 Å². The van der Waals surface area contributed by atoms with Crippen LogP contribution in [0.5, 0.6) is 0 Å². The average Bonchev–Trinajstić information content (AvgIpc) is 2.24. The fourth-order valence-corrected chi connectivity index (χ4v) is 2.02. The average molecular weight is 278 g/mol. The molecule has 5 nitrogen and oxygen atoms in total. The highest BCUT2D eigenvalue weighted by atomic mass is 32.2. The Morgan fingerprint density at radius 2 is 1.89 bits per heavy atom. The van der Waals surface area contributed by atoms with Crippen molar-refractivity contribution in [2.75, 3.05) is 19.3 Å². The molecule has 0 fully saturated rings. The summed E-state index contributed by atoms with van der Waals surface area (Å²) < 4.78 is 21.6. The van der Waals surface area contributed by atoms with Crippen LogP contribution < -0.4 is 11.1 Å². The van der Waals surface area contributed by atoms with E-state index in [1.165, 1.54) is 13.8 Å². The van der Waals surface area contributed by atoms with Crippen LogP contribution in [0, 0.1) is 5.92 Å². The third-order valence-corrected chi connectivity index (χ3v) is 5.34. The molecule has 0 radical (unpaired) electrons. The van der Waals surface area contributed by atoms with Gasteiger partial charge in [0.25, 0.3) is 0 Å². The maximum atomic E-state index is 11.9. The minimum atomic E-state index is -3.41. The number of hydrogen-bond acceptors (Lipinski definition) is 4. The maximum Gasteiger partial charge on any atom is 0.240 e. The van der Waals surface area contributed by atoms with Crippen molar-refractivity contribution in [2.24, 2.45) is 11.7 Å². The van der Waals surface area contributed by atoms with E-state index in [4.69, 9.17) is 5.73 Å². The lowest BCUT2D eigenvalue weighted by Gasteiger charge is -2.23. The van der Waals surface area contributed by atoms with Gasteiger partial charge in [0.1, 0.15) is 4.75 Å². The van der Waals surface area contributed by atoms with Crippen LogP contribution in [0.4, 0.5) is 0 Å². The minimum absolute atomic E-state index is 0.319. The summed E-state index contributed by atoms with van der Waals surface area (Å²) >= 11 is 0. The first kappa shape index (κ1) is 17.4. The molecule has 0 aromatic carbocycles. The van der Waals surface area contributed by atoms with Gasteiger partial charge in [-0.15, -0.1) is 0 Å². The lowest BCUT2D eigenvalue weighted by atomic mass is 9.99. The number of hydrogen-bond donors (Lipinski definition) is 2. The van der Waals surface area contributed by atoms with Gasteiger partial charge >= 0.3 is 0 Å². The standard InChI is InChI=1S/C12H26N2O3S/c1-5-6-10(7-8-13)9-14-11(15)12(2,3)18(4,16)17/h10H,5-9,13H2,1-4H3,(H,14,15). The van der Waals surface area contributed by atoms with E-state index in [1.54, 1.807) is 0 Å². The summed E-state index contributed by atoms with van der Waals surface area (Å²) in [5.41, 5.74) is 5.51. The highest BCUT2D eigenvalue weighted by Gasteiger charge is 2.38. The molecule has 0 spiro atoms. The molecule has 0 aliphatic heterocycles. The van der Waals surface area contributed by atoms with Gasteiger partial charge in [-0.3, -0.25) is 4.79 Å². The Balaban J connectivity index is 4.49. The largest absolute Gasteiger partial charge is 0.354 e. The lowest BCUT2D eigenvalue weighted by Crippen LogP contribution is -2.48. The van der Waals surface area contributed by atoms with Crippen LogP contribution >= 0.6 is 0 Å². The van der Waals surface area contributed by atoms with Gasteiger partial charge in [-0.05, 0) is 39.2 Å². The number of carbonyl (C=O) groups is 1. The van der Waals surface area contributed by atoms with Gasteiger partial charge in [0.05, 0.1) is 0 Å². The highest BCUT2D eigenvalue weighted by molar-refractivity contribution is 7.92. The molecule has 3 N–H and O–H groups in total. The van der Waals surface area contributed by atoms with Gasteiger partial charge in [0, 0.05) is 12.8 Å². The van der Waals surface area contributed by atoms with Crippen LogP contribution in [0.2, 0.25) is 0 Å². The monoisotopic (exact) mass is 278 g/mol. The second-order valence-corrected chi connectivity index (χ2v) is 7.79. The number of amides is 1. The normalized spacial score (nSPS) is 14.3. The zero-order valence-electron chi connectivity index (χ0n) is 11.8.